The zero-order valence-electron chi connectivity index (χ0n) is 9.97. The number of ether oxygens (including phenoxy) is 2. The molecule has 0 saturated carbocycles. The number of methoxy groups -OCH3 is 1. The summed E-state index contributed by atoms with van der Waals surface area (Å²) in [6, 6.07) is 4.18. The Morgan fingerprint density at radius 2 is 2.24 bits per heavy atom. The number of aromatic hydroxyl groups is 1. The zero-order chi connectivity index (χ0) is 12.8. The van der Waals surface area contributed by atoms with E-state index >= 15 is 0 Å². The fourth-order valence-electron chi connectivity index (χ4n) is 1.58. The molecule has 0 unspecified atom stereocenters. The molecule has 0 aliphatic heterocycles. The lowest BCUT2D eigenvalue weighted by molar-refractivity contribution is -0.143. The van der Waals surface area contributed by atoms with E-state index in [4.69, 9.17) is 15.2 Å². The van der Waals surface area contributed by atoms with E-state index in [1.54, 1.807) is 19.1 Å². The van der Waals surface area contributed by atoms with Crippen LogP contribution in [0.5, 0.6) is 11.5 Å². The van der Waals surface area contributed by atoms with Crippen LogP contribution in [0.25, 0.3) is 0 Å². The molecule has 1 atom stereocenters. The van der Waals surface area contributed by atoms with Crippen LogP contribution in [0.15, 0.2) is 18.2 Å². The molecular formula is C12H17NO4. The number of carbonyl (C=O) groups is 1. The highest BCUT2D eigenvalue weighted by molar-refractivity contribution is 5.71. The maximum absolute atomic E-state index is 11.3. The van der Waals surface area contributed by atoms with Crippen molar-refractivity contribution in [1.29, 1.82) is 0 Å². The lowest BCUT2D eigenvalue weighted by atomic mass is 10.0. The normalized spacial score (nSPS) is 11.9. The fourth-order valence-corrected chi connectivity index (χ4v) is 1.58. The summed E-state index contributed by atoms with van der Waals surface area (Å²) in [6.45, 7) is 2.04. The summed E-state index contributed by atoms with van der Waals surface area (Å²) in [5, 5.41) is 9.72. The van der Waals surface area contributed by atoms with Gasteiger partial charge in [0, 0.05) is 6.04 Å². The minimum atomic E-state index is -0.648. The minimum absolute atomic E-state index is 0.00176. The summed E-state index contributed by atoms with van der Waals surface area (Å²) >= 11 is 0. The number of hydrogen-bond donors (Lipinski definition) is 2. The molecule has 3 N–H and O–H groups in total. The second kappa shape index (κ2) is 6.10. The van der Waals surface area contributed by atoms with Crippen LogP contribution in [0.3, 0.4) is 0 Å². The van der Waals surface area contributed by atoms with Crippen molar-refractivity contribution in [3.8, 4) is 11.5 Å². The van der Waals surface area contributed by atoms with Gasteiger partial charge in [-0.25, -0.2) is 0 Å². The first-order valence-electron chi connectivity index (χ1n) is 5.37. The third-order valence-electron chi connectivity index (χ3n) is 2.33. The van der Waals surface area contributed by atoms with Crippen LogP contribution < -0.4 is 10.5 Å². The van der Waals surface area contributed by atoms with E-state index < -0.39 is 12.0 Å². The van der Waals surface area contributed by atoms with Gasteiger partial charge >= 0.3 is 5.97 Å². The fraction of sp³-hybridized carbons (Fsp3) is 0.417. The van der Waals surface area contributed by atoms with E-state index in [-0.39, 0.29) is 12.2 Å². The third-order valence-corrected chi connectivity index (χ3v) is 2.33. The number of rotatable bonds is 5. The van der Waals surface area contributed by atoms with E-state index in [2.05, 4.69) is 0 Å². The highest BCUT2D eigenvalue weighted by Gasteiger charge is 2.19. The van der Waals surface area contributed by atoms with Crippen molar-refractivity contribution in [2.45, 2.75) is 19.4 Å². The predicted molar refractivity (Wildman–Crippen MR) is 62.8 cm³/mol. The standard InChI is InChI=1S/C12H17NO4/c1-3-17-11(15)7-8(13)12-9(14)5-4-6-10(12)16-2/h4-6,8,14H,3,7,13H2,1-2H3/t8-/m1/s1. The van der Waals surface area contributed by atoms with Crippen LogP contribution in [0.2, 0.25) is 0 Å². The number of phenolic OH excluding ortho intramolecular Hbond substituents is 1. The first-order chi connectivity index (χ1) is 8.10. The van der Waals surface area contributed by atoms with Crippen LogP contribution in [-0.4, -0.2) is 24.8 Å². The van der Waals surface area contributed by atoms with Crippen molar-refractivity contribution in [2.24, 2.45) is 5.73 Å². The molecule has 5 heteroatoms. The molecule has 0 aliphatic carbocycles. The van der Waals surface area contributed by atoms with Gasteiger partial charge in [0.05, 0.1) is 25.7 Å². The Hall–Kier alpha value is -1.75. The number of esters is 1. The van der Waals surface area contributed by atoms with Gasteiger partial charge in [-0.05, 0) is 19.1 Å². The van der Waals surface area contributed by atoms with Crippen molar-refractivity contribution in [2.75, 3.05) is 13.7 Å². The molecule has 5 nitrogen and oxygen atoms in total. The van der Waals surface area contributed by atoms with Gasteiger partial charge in [-0.15, -0.1) is 0 Å². The molecule has 1 aromatic carbocycles. The van der Waals surface area contributed by atoms with Gasteiger partial charge in [0.1, 0.15) is 11.5 Å². The van der Waals surface area contributed by atoms with Crippen molar-refractivity contribution >= 4 is 5.97 Å². The first kappa shape index (κ1) is 13.3. The van der Waals surface area contributed by atoms with Gasteiger partial charge in [0.15, 0.2) is 0 Å². The Kier molecular flexibility index (Phi) is 4.78. The topological polar surface area (TPSA) is 81.8 Å². The predicted octanol–water partition coefficient (Wildman–Crippen LogP) is 1.35. The molecular weight excluding hydrogens is 222 g/mol. The number of benzene rings is 1. The number of phenols is 1. The first-order valence-corrected chi connectivity index (χ1v) is 5.37. The molecule has 0 saturated heterocycles. The van der Waals surface area contributed by atoms with Crippen LogP contribution in [0, 0.1) is 0 Å². The SMILES string of the molecule is CCOC(=O)C[C@@H](N)c1c(O)cccc1OC. The average Bonchev–Trinajstić information content (AvgIpc) is 2.28. The summed E-state index contributed by atoms with van der Waals surface area (Å²) in [7, 11) is 1.48. The van der Waals surface area contributed by atoms with Gasteiger partial charge in [-0.1, -0.05) is 6.07 Å². The molecule has 0 radical (unpaired) electrons. The van der Waals surface area contributed by atoms with Crippen molar-refractivity contribution in [3.05, 3.63) is 23.8 Å². The zero-order valence-corrected chi connectivity index (χ0v) is 9.97. The van der Waals surface area contributed by atoms with E-state index in [0.29, 0.717) is 17.9 Å². The molecule has 0 spiro atoms. The molecule has 1 aromatic rings. The highest BCUT2D eigenvalue weighted by Crippen LogP contribution is 2.33. The summed E-state index contributed by atoms with van der Waals surface area (Å²) in [5.74, 6) is 0.0771. The Bertz CT molecular complexity index is 392. The molecule has 94 valence electrons. The minimum Gasteiger partial charge on any atom is -0.507 e. The van der Waals surface area contributed by atoms with E-state index in [9.17, 15) is 9.90 Å². The molecule has 0 bridgehead atoms. The third kappa shape index (κ3) is 3.35. The largest absolute Gasteiger partial charge is 0.507 e. The number of carbonyl (C=O) groups excluding carboxylic acids is 1. The van der Waals surface area contributed by atoms with Gasteiger partial charge in [-0.2, -0.15) is 0 Å². The molecule has 1 rings (SSSR count). The van der Waals surface area contributed by atoms with Gasteiger partial charge in [-0.3, -0.25) is 4.79 Å². The van der Waals surface area contributed by atoms with Crippen LogP contribution in [0.1, 0.15) is 24.9 Å². The lowest BCUT2D eigenvalue weighted by Gasteiger charge is -2.16. The molecule has 0 aromatic heterocycles. The molecule has 17 heavy (non-hydrogen) atoms. The maximum atomic E-state index is 11.3. The van der Waals surface area contributed by atoms with Crippen molar-refractivity contribution in [3.63, 3.8) is 0 Å². The Morgan fingerprint density at radius 3 is 2.82 bits per heavy atom. The van der Waals surface area contributed by atoms with Gasteiger partial charge in [0.2, 0.25) is 0 Å². The smallest absolute Gasteiger partial charge is 0.307 e. The summed E-state index contributed by atoms with van der Waals surface area (Å²) < 4.78 is 9.90. The monoisotopic (exact) mass is 239 g/mol. The Balaban J connectivity index is 2.87. The van der Waals surface area contributed by atoms with Crippen LogP contribution in [0.4, 0.5) is 0 Å². The van der Waals surface area contributed by atoms with Crippen LogP contribution in [-0.2, 0) is 9.53 Å². The average molecular weight is 239 g/mol. The van der Waals surface area contributed by atoms with E-state index in [0.717, 1.165) is 0 Å². The summed E-state index contributed by atoms with van der Waals surface area (Å²) in [5.41, 5.74) is 6.28. The van der Waals surface area contributed by atoms with Gasteiger partial charge in [0.25, 0.3) is 0 Å². The Morgan fingerprint density at radius 1 is 1.53 bits per heavy atom. The quantitative estimate of drug-likeness (QED) is 0.758. The van der Waals surface area contributed by atoms with Gasteiger partial charge < -0.3 is 20.3 Å². The van der Waals surface area contributed by atoms with Crippen molar-refractivity contribution in [1.82, 2.24) is 0 Å². The summed E-state index contributed by atoms with van der Waals surface area (Å²) in [4.78, 5) is 11.3. The summed E-state index contributed by atoms with van der Waals surface area (Å²) in [6.07, 6.45) is 0.00176. The van der Waals surface area contributed by atoms with Crippen LogP contribution >= 0.6 is 0 Å². The number of hydrogen-bond acceptors (Lipinski definition) is 5. The molecule has 0 aliphatic rings. The van der Waals surface area contributed by atoms with Crippen molar-refractivity contribution < 1.29 is 19.4 Å². The highest BCUT2D eigenvalue weighted by atomic mass is 16.5. The van der Waals surface area contributed by atoms with E-state index in [1.807, 2.05) is 0 Å². The second-order valence-electron chi connectivity index (χ2n) is 3.51. The molecule has 0 fully saturated rings. The van der Waals surface area contributed by atoms with E-state index in [1.165, 1.54) is 13.2 Å². The Labute approximate surface area is 100 Å². The maximum Gasteiger partial charge on any atom is 0.307 e. The number of nitrogens with two attached hydrogens (primary N) is 1. The molecule has 0 amide bonds. The lowest BCUT2D eigenvalue weighted by Crippen LogP contribution is -2.18. The molecule has 0 heterocycles. The second-order valence-corrected chi connectivity index (χ2v) is 3.51.